The molecule has 2 aromatic rings. The zero-order chi connectivity index (χ0) is 12.3. The molecule has 0 bridgehead atoms. The summed E-state index contributed by atoms with van der Waals surface area (Å²) in [6.07, 6.45) is 1.79. The molecule has 3 nitrogen and oxygen atoms in total. The van der Waals surface area contributed by atoms with Crippen LogP contribution in [0.5, 0.6) is 0 Å². The van der Waals surface area contributed by atoms with Gasteiger partial charge in [0, 0.05) is 11.6 Å². The monoisotopic (exact) mass is 230 g/mol. The van der Waals surface area contributed by atoms with Gasteiger partial charge in [0.15, 0.2) is 0 Å². The van der Waals surface area contributed by atoms with Crippen molar-refractivity contribution in [2.45, 2.75) is 19.9 Å². The number of fused-ring (bicyclic) bond motifs is 1. The highest BCUT2D eigenvalue weighted by Gasteiger charge is 2.13. The van der Waals surface area contributed by atoms with Crippen molar-refractivity contribution in [2.24, 2.45) is 5.92 Å². The van der Waals surface area contributed by atoms with Crippen LogP contribution in [0.15, 0.2) is 36.5 Å². The highest BCUT2D eigenvalue weighted by Crippen LogP contribution is 2.22. The predicted octanol–water partition coefficient (Wildman–Crippen LogP) is 2.66. The van der Waals surface area contributed by atoms with Crippen LogP contribution in [0.2, 0.25) is 0 Å². The third-order valence-electron chi connectivity index (χ3n) is 3.00. The summed E-state index contributed by atoms with van der Waals surface area (Å²) in [5.74, 6) is 1.21. The molecule has 0 aliphatic rings. The normalized spacial score (nSPS) is 12.9. The number of rotatable bonds is 4. The van der Waals surface area contributed by atoms with E-state index in [0.717, 1.165) is 16.6 Å². The Labute approximate surface area is 102 Å². The summed E-state index contributed by atoms with van der Waals surface area (Å²) >= 11 is 0. The van der Waals surface area contributed by atoms with E-state index in [1.165, 1.54) is 0 Å². The van der Waals surface area contributed by atoms with Crippen LogP contribution < -0.4 is 5.32 Å². The van der Waals surface area contributed by atoms with Gasteiger partial charge in [-0.2, -0.15) is 0 Å². The SMILES string of the molecule is CC(C)[C@@H](CO)Nc1nccc2ccccc12. The first-order chi connectivity index (χ1) is 8.22. The van der Waals surface area contributed by atoms with E-state index in [1.807, 2.05) is 24.3 Å². The van der Waals surface area contributed by atoms with Crippen LogP contribution in [0.25, 0.3) is 10.8 Å². The van der Waals surface area contributed by atoms with Gasteiger partial charge in [-0.1, -0.05) is 38.1 Å². The maximum atomic E-state index is 9.34. The fourth-order valence-corrected chi connectivity index (χ4v) is 1.83. The summed E-state index contributed by atoms with van der Waals surface area (Å²) < 4.78 is 0. The molecule has 0 saturated heterocycles. The van der Waals surface area contributed by atoms with Crippen molar-refractivity contribution in [1.29, 1.82) is 0 Å². The summed E-state index contributed by atoms with van der Waals surface area (Å²) in [7, 11) is 0. The number of aliphatic hydroxyl groups excluding tert-OH is 1. The summed E-state index contributed by atoms with van der Waals surface area (Å²) in [4.78, 5) is 4.35. The second kappa shape index (κ2) is 5.15. The van der Waals surface area contributed by atoms with Gasteiger partial charge in [-0.05, 0) is 17.4 Å². The molecule has 1 aromatic heterocycles. The zero-order valence-corrected chi connectivity index (χ0v) is 10.2. The second-order valence-electron chi connectivity index (χ2n) is 4.56. The highest BCUT2D eigenvalue weighted by molar-refractivity contribution is 5.91. The molecule has 0 aliphatic heterocycles. The molecule has 2 rings (SSSR count). The molecule has 0 saturated carbocycles. The molecule has 17 heavy (non-hydrogen) atoms. The number of nitrogens with one attached hydrogen (secondary N) is 1. The lowest BCUT2D eigenvalue weighted by molar-refractivity contribution is 0.249. The van der Waals surface area contributed by atoms with Crippen LogP contribution in [0.3, 0.4) is 0 Å². The molecular weight excluding hydrogens is 212 g/mol. The molecule has 0 unspecified atom stereocenters. The largest absolute Gasteiger partial charge is 0.394 e. The molecule has 2 N–H and O–H groups in total. The van der Waals surface area contributed by atoms with E-state index in [4.69, 9.17) is 0 Å². The molecule has 90 valence electrons. The van der Waals surface area contributed by atoms with Crippen molar-refractivity contribution in [2.75, 3.05) is 11.9 Å². The van der Waals surface area contributed by atoms with Gasteiger partial charge in [-0.3, -0.25) is 0 Å². The molecule has 3 heteroatoms. The topological polar surface area (TPSA) is 45.1 Å². The van der Waals surface area contributed by atoms with Gasteiger partial charge in [-0.15, -0.1) is 0 Å². The smallest absolute Gasteiger partial charge is 0.134 e. The van der Waals surface area contributed by atoms with Crippen molar-refractivity contribution < 1.29 is 5.11 Å². The van der Waals surface area contributed by atoms with Gasteiger partial charge >= 0.3 is 0 Å². The first kappa shape index (κ1) is 11.9. The fourth-order valence-electron chi connectivity index (χ4n) is 1.83. The van der Waals surface area contributed by atoms with Crippen LogP contribution >= 0.6 is 0 Å². The molecular formula is C14H18N2O. The second-order valence-corrected chi connectivity index (χ2v) is 4.56. The number of benzene rings is 1. The quantitative estimate of drug-likeness (QED) is 0.848. The van der Waals surface area contributed by atoms with Crippen LogP contribution in [0.1, 0.15) is 13.8 Å². The van der Waals surface area contributed by atoms with Gasteiger partial charge < -0.3 is 10.4 Å². The molecule has 0 spiro atoms. The minimum atomic E-state index is 0.0355. The molecule has 0 fully saturated rings. The maximum absolute atomic E-state index is 9.34. The number of hydrogen-bond acceptors (Lipinski definition) is 3. The Morgan fingerprint density at radius 2 is 2.00 bits per heavy atom. The number of hydrogen-bond donors (Lipinski definition) is 2. The lowest BCUT2D eigenvalue weighted by Gasteiger charge is -2.21. The van der Waals surface area contributed by atoms with Crippen LogP contribution in [0, 0.1) is 5.92 Å². The highest BCUT2D eigenvalue weighted by atomic mass is 16.3. The minimum absolute atomic E-state index is 0.0355. The Hall–Kier alpha value is -1.61. The van der Waals surface area contributed by atoms with Crippen molar-refractivity contribution in [3.8, 4) is 0 Å². The number of aliphatic hydroxyl groups is 1. The third-order valence-corrected chi connectivity index (χ3v) is 3.00. The summed E-state index contributed by atoms with van der Waals surface area (Å²) in [6, 6.07) is 10.1. The summed E-state index contributed by atoms with van der Waals surface area (Å²) in [6.45, 7) is 4.28. The van der Waals surface area contributed by atoms with Crippen molar-refractivity contribution in [3.63, 3.8) is 0 Å². The maximum Gasteiger partial charge on any atom is 0.134 e. The molecule has 0 amide bonds. The minimum Gasteiger partial charge on any atom is -0.394 e. The number of anilines is 1. The Morgan fingerprint density at radius 1 is 1.24 bits per heavy atom. The number of aromatic nitrogens is 1. The molecule has 0 radical (unpaired) electrons. The first-order valence-corrected chi connectivity index (χ1v) is 5.93. The van der Waals surface area contributed by atoms with Gasteiger partial charge in [0.1, 0.15) is 5.82 Å². The lowest BCUT2D eigenvalue weighted by atomic mass is 10.0. The van der Waals surface area contributed by atoms with Crippen LogP contribution in [-0.4, -0.2) is 22.7 Å². The number of pyridine rings is 1. The van der Waals surface area contributed by atoms with E-state index in [0.29, 0.717) is 5.92 Å². The zero-order valence-electron chi connectivity index (χ0n) is 10.2. The fraction of sp³-hybridized carbons (Fsp3) is 0.357. The molecule has 0 aliphatic carbocycles. The van der Waals surface area contributed by atoms with E-state index >= 15 is 0 Å². The first-order valence-electron chi connectivity index (χ1n) is 5.93. The van der Waals surface area contributed by atoms with Crippen molar-refractivity contribution in [1.82, 2.24) is 4.98 Å². The van der Waals surface area contributed by atoms with E-state index in [-0.39, 0.29) is 12.6 Å². The Bertz CT molecular complexity index is 491. The van der Waals surface area contributed by atoms with Gasteiger partial charge in [0.25, 0.3) is 0 Å². The lowest BCUT2D eigenvalue weighted by Crippen LogP contribution is -2.29. The summed E-state index contributed by atoms with van der Waals surface area (Å²) in [5.41, 5.74) is 0. The van der Waals surface area contributed by atoms with Crippen molar-refractivity contribution in [3.05, 3.63) is 36.5 Å². The molecule has 1 heterocycles. The standard InChI is InChI=1S/C14H18N2O/c1-10(2)13(9-17)16-14-12-6-4-3-5-11(12)7-8-15-14/h3-8,10,13,17H,9H2,1-2H3,(H,15,16)/t13-/m1/s1. The number of nitrogens with zero attached hydrogens (tertiary/aromatic N) is 1. The average Bonchev–Trinajstić information content (AvgIpc) is 2.35. The van der Waals surface area contributed by atoms with Gasteiger partial charge in [0.2, 0.25) is 0 Å². The van der Waals surface area contributed by atoms with E-state index < -0.39 is 0 Å². The van der Waals surface area contributed by atoms with Gasteiger partial charge in [-0.25, -0.2) is 4.98 Å². The average molecular weight is 230 g/mol. The summed E-state index contributed by atoms with van der Waals surface area (Å²) in [5, 5.41) is 14.9. The third kappa shape index (κ3) is 2.56. The van der Waals surface area contributed by atoms with E-state index in [2.05, 4.69) is 30.2 Å². The molecule has 1 atom stereocenters. The Morgan fingerprint density at radius 3 is 2.71 bits per heavy atom. The van der Waals surface area contributed by atoms with E-state index in [1.54, 1.807) is 6.20 Å². The predicted molar refractivity (Wildman–Crippen MR) is 71.1 cm³/mol. The Kier molecular flexibility index (Phi) is 3.59. The van der Waals surface area contributed by atoms with Crippen LogP contribution in [0.4, 0.5) is 5.82 Å². The molecule has 1 aromatic carbocycles. The van der Waals surface area contributed by atoms with E-state index in [9.17, 15) is 5.11 Å². The Balaban J connectivity index is 2.35. The van der Waals surface area contributed by atoms with Crippen LogP contribution in [-0.2, 0) is 0 Å². The van der Waals surface area contributed by atoms with Crippen molar-refractivity contribution >= 4 is 16.6 Å². The van der Waals surface area contributed by atoms with Gasteiger partial charge in [0.05, 0.1) is 12.6 Å².